The van der Waals surface area contributed by atoms with Gasteiger partial charge >= 0.3 is 0 Å². The van der Waals surface area contributed by atoms with Gasteiger partial charge in [-0.25, -0.2) is 0 Å². The van der Waals surface area contributed by atoms with E-state index < -0.39 is 0 Å². The molecule has 0 radical (unpaired) electrons. The van der Waals surface area contributed by atoms with Crippen LogP contribution in [-0.2, 0) is 6.42 Å². The van der Waals surface area contributed by atoms with Crippen LogP contribution in [0.5, 0.6) is 0 Å². The second kappa shape index (κ2) is 6.04. The highest BCUT2D eigenvalue weighted by Crippen LogP contribution is 2.28. The zero-order valence-corrected chi connectivity index (χ0v) is 13.3. The predicted molar refractivity (Wildman–Crippen MR) is 95.0 cm³/mol. The smallest absolute Gasteiger partial charge is 0.189 e. The first-order valence-corrected chi connectivity index (χ1v) is 8.49. The van der Waals surface area contributed by atoms with Gasteiger partial charge in [0.2, 0.25) is 0 Å². The van der Waals surface area contributed by atoms with Crippen LogP contribution in [0.3, 0.4) is 0 Å². The number of carbonyl (C=O) groups is 1. The van der Waals surface area contributed by atoms with Crippen LogP contribution in [0, 0.1) is 0 Å². The summed E-state index contributed by atoms with van der Waals surface area (Å²) in [6.07, 6.45) is 6.73. The van der Waals surface area contributed by atoms with Crippen molar-refractivity contribution in [1.82, 2.24) is 0 Å². The van der Waals surface area contributed by atoms with Gasteiger partial charge in [0.25, 0.3) is 0 Å². The standard InChI is InChI=1S/C21H21NO/c23-21-18(15-17-6-2-3-7-20(17)21)14-16-8-10-19(11-9-16)22-12-4-1-5-13-22/h2-3,6-11,14H,1,4-5,12-13,15H2/b18-14+. The quantitative estimate of drug-likeness (QED) is 0.761. The van der Waals surface area contributed by atoms with Crippen LogP contribution in [0.25, 0.3) is 6.08 Å². The zero-order chi connectivity index (χ0) is 15.6. The summed E-state index contributed by atoms with van der Waals surface area (Å²) in [7, 11) is 0. The van der Waals surface area contributed by atoms with Gasteiger partial charge in [-0.05, 0) is 48.6 Å². The van der Waals surface area contributed by atoms with Crippen LogP contribution in [0.2, 0.25) is 0 Å². The van der Waals surface area contributed by atoms with E-state index in [1.54, 1.807) is 0 Å². The van der Waals surface area contributed by atoms with E-state index in [1.165, 1.54) is 24.9 Å². The second-order valence-corrected chi connectivity index (χ2v) is 6.47. The number of Topliss-reactive ketones (excluding diaryl/α,β-unsaturated/α-hetero) is 1. The van der Waals surface area contributed by atoms with Gasteiger partial charge in [0.1, 0.15) is 0 Å². The van der Waals surface area contributed by atoms with Gasteiger partial charge in [-0.3, -0.25) is 4.79 Å². The molecule has 0 spiro atoms. The lowest BCUT2D eigenvalue weighted by Crippen LogP contribution is -2.29. The molecule has 2 heteroatoms. The van der Waals surface area contributed by atoms with Crippen molar-refractivity contribution < 1.29 is 4.79 Å². The van der Waals surface area contributed by atoms with Crippen molar-refractivity contribution in [3.8, 4) is 0 Å². The lowest BCUT2D eigenvalue weighted by Gasteiger charge is -2.28. The molecule has 1 aliphatic heterocycles. The molecule has 2 aromatic rings. The van der Waals surface area contributed by atoms with E-state index >= 15 is 0 Å². The number of fused-ring (bicyclic) bond motifs is 1. The first-order valence-electron chi connectivity index (χ1n) is 8.49. The van der Waals surface area contributed by atoms with E-state index in [9.17, 15) is 4.79 Å². The van der Waals surface area contributed by atoms with Crippen molar-refractivity contribution in [1.29, 1.82) is 0 Å². The highest BCUT2D eigenvalue weighted by atomic mass is 16.1. The van der Waals surface area contributed by atoms with Gasteiger partial charge in [0, 0.05) is 36.3 Å². The molecule has 4 rings (SSSR count). The molecule has 0 atom stereocenters. The number of hydrogen-bond donors (Lipinski definition) is 0. The van der Waals surface area contributed by atoms with Crippen LogP contribution < -0.4 is 4.90 Å². The summed E-state index contributed by atoms with van der Waals surface area (Å²) in [5, 5.41) is 0. The highest BCUT2D eigenvalue weighted by molar-refractivity contribution is 6.15. The minimum absolute atomic E-state index is 0.181. The maximum absolute atomic E-state index is 12.4. The summed E-state index contributed by atoms with van der Waals surface area (Å²) >= 11 is 0. The van der Waals surface area contributed by atoms with Crippen molar-refractivity contribution in [3.63, 3.8) is 0 Å². The summed E-state index contributed by atoms with van der Waals surface area (Å²) in [6.45, 7) is 2.32. The molecule has 2 aliphatic rings. The van der Waals surface area contributed by atoms with Crippen LogP contribution in [-0.4, -0.2) is 18.9 Å². The van der Waals surface area contributed by atoms with Gasteiger partial charge < -0.3 is 4.90 Å². The largest absolute Gasteiger partial charge is 0.372 e. The number of benzene rings is 2. The summed E-state index contributed by atoms with van der Waals surface area (Å²) < 4.78 is 0. The van der Waals surface area contributed by atoms with Crippen LogP contribution >= 0.6 is 0 Å². The van der Waals surface area contributed by atoms with E-state index in [4.69, 9.17) is 0 Å². The Morgan fingerprint density at radius 2 is 1.61 bits per heavy atom. The Kier molecular flexibility index (Phi) is 3.74. The molecular formula is C21H21NO. The number of piperidine rings is 1. The predicted octanol–water partition coefficient (Wildman–Crippen LogP) is 4.50. The average Bonchev–Trinajstić information content (AvgIpc) is 2.93. The van der Waals surface area contributed by atoms with Crippen molar-refractivity contribution in [2.24, 2.45) is 0 Å². The first-order chi connectivity index (χ1) is 11.3. The number of nitrogens with zero attached hydrogens (tertiary/aromatic N) is 1. The number of hydrogen-bond acceptors (Lipinski definition) is 2. The average molecular weight is 303 g/mol. The van der Waals surface area contributed by atoms with E-state index in [2.05, 4.69) is 29.2 Å². The molecule has 0 aromatic heterocycles. The molecule has 0 amide bonds. The molecule has 1 aliphatic carbocycles. The molecule has 0 unspecified atom stereocenters. The SMILES string of the molecule is O=C1/C(=C/c2ccc(N3CCCCC3)cc2)Cc2ccccc21. The summed E-state index contributed by atoms with van der Waals surface area (Å²) in [6, 6.07) is 16.6. The zero-order valence-electron chi connectivity index (χ0n) is 13.3. The maximum Gasteiger partial charge on any atom is 0.189 e. The molecule has 1 heterocycles. The molecule has 2 nitrogen and oxygen atoms in total. The van der Waals surface area contributed by atoms with Crippen molar-refractivity contribution >= 4 is 17.5 Å². The Bertz CT molecular complexity index is 752. The maximum atomic E-state index is 12.4. The molecule has 23 heavy (non-hydrogen) atoms. The van der Waals surface area contributed by atoms with Crippen LogP contribution in [0.1, 0.15) is 40.7 Å². The lowest BCUT2D eigenvalue weighted by atomic mass is 10.1. The molecule has 0 bridgehead atoms. The van der Waals surface area contributed by atoms with Gasteiger partial charge in [-0.1, -0.05) is 36.4 Å². The molecule has 1 saturated heterocycles. The number of anilines is 1. The Morgan fingerprint density at radius 3 is 2.35 bits per heavy atom. The third-order valence-corrected chi connectivity index (χ3v) is 4.89. The van der Waals surface area contributed by atoms with Gasteiger partial charge in [-0.2, -0.15) is 0 Å². The second-order valence-electron chi connectivity index (χ2n) is 6.47. The summed E-state index contributed by atoms with van der Waals surface area (Å²) in [4.78, 5) is 14.9. The molecule has 2 aromatic carbocycles. The van der Waals surface area contributed by atoms with Crippen molar-refractivity contribution in [2.75, 3.05) is 18.0 Å². The molecule has 0 N–H and O–H groups in total. The summed E-state index contributed by atoms with van der Waals surface area (Å²) in [5.74, 6) is 0.181. The van der Waals surface area contributed by atoms with E-state index in [-0.39, 0.29) is 5.78 Å². The Hall–Kier alpha value is -2.35. The number of allylic oxidation sites excluding steroid dienone is 1. The lowest BCUT2D eigenvalue weighted by molar-refractivity contribution is 0.104. The first kappa shape index (κ1) is 14.3. The normalized spacial score (nSPS) is 19.2. The van der Waals surface area contributed by atoms with E-state index in [0.717, 1.165) is 41.8 Å². The fourth-order valence-corrected chi connectivity index (χ4v) is 3.61. The van der Waals surface area contributed by atoms with Gasteiger partial charge in [0.15, 0.2) is 5.78 Å². The fraction of sp³-hybridized carbons (Fsp3) is 0.286. The molecular weight excluding hydrogens is 282 g/mol. The Balaban J connectivity index is 1.54. The van der Waals surface area contributed by atoms with Crippen LogP contribution in [0.4, 0.5) is 5.69 Å². The van der Waals surface area contributed by atoms with E-state index in [0.29, 0.717) is 0 Å². The molecule has 116 valence electrons. The number of carbonyl (C=O) groups excluding carboxylic acids is 1. The fourth-order valence-electron chi connectivity index (χ4n) is 3.61. The minimum Gasteiger partial charge on any atom is -0.372 e. The number of ketones is 1. The highest BCUT2D eigenvalue weighted by Gasteiger charge is 2.23. The Labute approximate surface area is 137 Å². The third kappa shape index (κ3) is 2.81. The number of rotatable bonds is 2. The monoisotopic (exact) mass is 303 g/mol. The van der Waals surface area contributed by atoms with Crippen LogP contribution in [0.15, 0.2) is 54.1 Å². The molecule has 1 fully saturated rings. The molecule has 0 saturated carbocycles. The minimum atomic E-state index is 0.181. The van der Waals surface area contributed by atoms with Gasteiger partial charge in [-0.15, -0.1) is 0 Å². The topological polar surface area (TPSA) is 20.3 Å². The van der Waals surface area contributed by atoms with Crippen molar-refractivity contribution in [2.45, 2.75) is 25.7 Å². The summed E-state index contributed by atoms with van der Waals surface area (Å²) in [5.41, 5.74) is 5.32. The van der Waals surface area contributed by atoms with Crippen molar-refractivity contribution in [3.05, 3.63) is 70.8 Å². The van der Waals surface area contributed by atoms with E-state index in [1.807, 2.05) is 30.3 Å². The van der Waals surface area contributed by atoms with Gasteiger partial charge in [0.05, 0.1) is 0 Å². The Morgan fingerprint density at radius 1 is 0.870 bits per heavy atom. The third-order valence-electron chi connectivity index (χ3n) is 4.89.